The fraction of sp³-hybridized carbons (Fsp3) is 0.235. The fourth-order valence-electron chi connectivity index (χ4n) is 2.23. The molecule has 2 rings (SSSR count). The summed E-state index contributed by atoms with van der Waals surface area (Å²) >= 11 is 0. The second-order valence-electron chi connectivity index (χ2n) is 4.87. The van der Waals surface area contributed by atoms with Gasteiger partial charge in [0, 0.05) is 19.0 Å². The summed E-state index contributed by atoms with van der Waals surface area (Å²) in [5, 5.41) is 13.0. The van der Waals surface area contributed by atoms with Crippen molar-refractivity contribution in [1.29, 1.82) is 5.26 Å². The number of rotatable bonds is 7. The molecule has 0 saturated carbocycles. The SMILES string of the molecule is C=CC(=O)N(Cc1ccnn1COC)c1cccc(CC#N)c1. The van der Waals surface area contributed by atoms with Crippen LogP contribution in [0.25, 0.3) is 0 Å². The van der Waals surface area contributed by atoms with E-state index < -0.39 is 0 Å². The van der Waals surface area contributed by atoms with Gasteiger partial charge in [-0.1, -0.05) is 18.7 Å². The molecule has 2 aromatic rings. The molecule has 0 unspecified atom stereocenters. The average molecular weight is 310 g/mol. The van der Waals surface area contributed by atoms with Crippen molar-refractivity contribution < 1.29 is 9.53 Å². The molecule has 6 nitrogen and oxygen atoms in total. The Morgan fingerprint density at radius 1 is 1.52 bits per heavy atom. The van der Waals surface area contributed by atoms with Gasteiger partial charge in [-0.3, -0.25) is 4.79 Å². The van der Waals surface area contributed by atoms with Crippen LogP contribution in [0.2, 0.25) is 0 Å². The molecule has 0 fully saturated rings. The number of methoxy groups -OCH3 is 1. The van der Waals surface area contributed by atoms with Crippen LogP contribution in [0.5, 0.6) is 0 Å². The van der Waals surface area contributed by atoms with Gasteiger partial charge in [0.15, 0.2) is 0 Å². The Morgan fingerprint density at radius 3 is 3.04 bits per heavy atom. The molecule has 0 bridgehead atoms. The Labute approximate surface area is 135 Å². The summed E-state index contributed by atoms with van der Waals surface area (Å²) in [7, 11) is 1.59. The van der Waals surface area contributed by atoms with Crippen molar-refractivity contribution in [3.8, 4) is 6.07 Å². The van der Waals surface area contributed by atoms with Crippen LogP contribution in [0.4, 0.5) is 5.69 Å². The number of carbonyl (C=O) groups excluding carboxylic acids is 1. The Morgan fingerprint density at radius 2 is 2.35 bits per heavy atom. The van der Waals surface area contributed by atoms with Gasteiger partial charge in [-0.2, -0.15) is 10.4 Å². The molecule has 6 heteroatoms. The number of anilines is 1. The first-order chi connectivity index (χ1) is 11.2. The molecule has 0 aliphatic carbocycles. The molecule has 1 aromatic heterocycles. The van der Waals surface area contributed by atoms with E-state index in [1.165, 1.54) is 6.08 Å². The minimum atomic E-state index is -0.218. The summed E-state index contributed by atoms with van der Waals surface area (Å²) in [6.07, 6.45) is 3.23. The number of amides is 1. The van der Waals surface area contributed by atoms with Gasteiger partial charge in [-0.25, -0.2) is 4.68 Å². The Hall–Kier alpha value is -2.91. The molecule has 0 spiro atoms. The molecule has 0 aliphatic rings. The second-order valence-corrected chi connectivity index (χ2v) is 4.87. The molecule has 1 aromatic carbocycles. The van der Waals surface area contributed by atoms with Gasteiger partial charge >= 0.3 is 0 Å². The van der Waals surface area contributed by atoms with E-state index in [9.17, 15) is 4.79 Å². The zero-order chi connectivity index (χ0) is 16.7. The molecule has 1 amide bonds. The number of nitriles is 1. The number of hydrogen-bond donors (Lipinski definition) is 0. The van der Waals surface area contributed by atoms with E-state index in [1.807, 2.05) is 30.3 Å². The largest absolute Gasteiger partial charge is 0.362 e. The summed E-state index contributed by atoms with van der Waals surface area (Å²) in [5.41, 5.74) is 2.41. The van der Waals surface area contributed by atoms with E-state index in [0.717, 1.165) is 11.3 Å². The highest BCUT2D eigenvalue weighted by Crippen LogP contribution is 2.20. The number of aromatic nitrogens is 2. The molecule has 0 N–H and O–H groups in total. The third kappa shape index (κ3) is 4.05. The standard InChI is InChI=1S/C17H18N4O2/c1-3-17(22)20(12-16-8-10-19-21(16)13-23-2)15-6-4-5-14(11-15)7-9-18/h3-6,8,10-11H,1,7,12-13H2,2H3. The van der Waals surface area contributed by atoms with Crippen LogP contribution < -0.4 is 4.90 Å². The van der Waals surface area contributed by atoms with Gasteiger partial charge in [-0.05, 0) is 29.8 Å². The Bertz CT molecular complexity index is 730. The van der Waals surface area contributed by atoms with Crippen LogP contribution in [-0.2, 0) is 29.2 Å². The van der Waals surface area contributed by atoms with Crippen molar-refractivity contribution in [3.05, 3.63) is 60.4 Å². The fourth-order valence-corrected chi connectivity index (χ4v) is 2.23. The zero-order valence-corrected chi connectivity index (χ0v) is 13.0. The lowest BCUT2D eigenvalue weighted by molar-refractivity contribution is -0.114. The maximum Gasteiger partial charge on any atom is 0.250 e. The van der Waals surface area contributed by atoms with Crippen molar-refractivity contribution >= 4 is 11.6 Å². The van der Waals surface area contributed by atoms with Crippen molar-refractivity contribution in [1.82, 2.24) is 9.78 Å². The Balaban J connectivity index is 2.32. The van der Waals surface area contributed by atoms with Gasteiger partial charge < -0.3 is 9.64 Å². The summed E-state index contributed by atoms with van der Waals surface area (Å²) in [5.74, 6) is -0.218. The van der Waals surface area contributed by atoms with E-state index in [-0.39, 0.29) is 5.91 Å². The normalized spacial score (nSPS) is 10.1. The number of nitrogens with zero attached hydrogens (tertiary/aromatic N) is 4. The predicted octanol–water partition coefficient (Wildman–Crippen LogP) is 2.27. The minimum absolute atomic E-state index is 0.218. The van der Waals surface area contributed by atoms with Gasteiger partial charge in [0.2, 0.25) is 0 Å². The van der Waals surface area contributed by atoms with Crippen molar-refractivity contribution in [2.45, 2.75) is 19.7 Å². The quantitative estimate of drug-likeness (QED) is 0.736. The smallest absolute Gasteiger partial charge is 0.250 e. The monoisotopic (exact) mass is 310 g/mol. The molecular formula is C17H18N4O2. The van der Waals surface area contributed by atoms with Gasteiger partial charge in [0.1, 0.15) is 6.73 Å². The molecule has 0 radical (unpaired) electrons. The summed E-state index contributed by atoms with van der Waals surface area (Å²) in [6.45, 7) is 4.21. The van der Waals surface area contributed by atoms with Crippen molar-refractivity contribution in [3.63, 3.8) is 0 Å². The molecule has 0 saturated heterocycles. The number of benzene rings is 1. The summed E-state index contributed by atoms with van der Waals surface area (Å²) in [4.78, 5) is 13.9. The number of carbonyl (C=O) groups is 1. The van der Waals surface area contributed by atoms with E-state index in [2.05, 4.69) is 17.7 Å². The van der Waals surface area contributed by atoms with E-state index in [0.29, 0.717) is 25.4 Å². The summed E-state index contributed by atoms with van der Waals surface area (Å²) < 4.78 is 6.78. The van der Waals surface area contributed by atoms with Crippen LogP contribution in [-0.4, -0.2) is 22.8 Å². The molecule has 23 heavy (non-hydrogen) atoms. The van der Waals surface area contributed by atoms with Gasteiger partial charge in [0.05, 0.1) is 24.7 Å². The van der Waals surface area contributed by atoms with Crippen LogP contribution in [0.1, 0.15) is 11.3 Å². The average Bonchev–Trinajstić information content (AvgIpc) is 3.00. The van der Waals surface area contributed by atoms with E-state index >= 15 is 0 Å². The molecule has 1 heterocycles. The van der Waals surface area contributed by atoms with Crippen molar-refractivity contribution in [2.75, 3.05) is 12.0 Å². The first-order valence-electron chi connectivity index (χ1n) is 7.09. The second kappa shape index (κ2) is 7.92. The topological polar surface area (TPSA) is 71.2 Å². The predicted molar refractivity (Wildman–Crippen MR) is 86.4 cm³/mol. The molecular weight excluding hydrogens is 292 g/mol. The first-order valence-corrected chi connectivity index (χ1v) is 7.09. The van der Waals surface area contributed by atoms with Crippen molar-refractivity contribution in [2.24, 2.45) is 0 Å². The third-order valence-electron chi connectivity index (χ3n) is 3.32. The first kappa shape index (κ1) is 16.5. The highest BCUT2D eigenvalue weighted by atomic mass is 16.5. The molecule has 0 aliphatic heterocycles. The minimum Gasteiger partial charge on any atom is -0.362 e. The zero-order valence-electron chi connectivity index (χ0n) is 13.0. The molecule has 118 valence electrons. The maximum atomic E-state index is 12.3. The van der Waals surface area contributed by atoms with Crippen LogP contribution >= 0.6 is 0 Å². The Kier molecular flexibility index (Phi) is 5.67. The molecule has 0 atom stereocenters. The number of ether oxygens (including phenoxy) is 1. The highest BCUT2D eigenvalue weighted by molar-refractivity contribution is 6.00. The maximum absolute atomic E-state index is 12.3. The van der Waals surface area contributed by atoms with Gasteiger partial charge in [0.25, 0.3) is 5.91 Å². The van der Waals surface area contributed by atoms with Crippen LogP contribution in [0.3, 0.4) is 0 Å². The van der Waals surface area contributed by atoms with E-state index in [4.69, 9.17) is 10.00 Å². The lowest BCUT2D eigenvalue weighted by Gasteiger charge is -2.22. The lowest BCUT2D eigenvalue weighted by Crippen LogP contribution is -2.30. The summed E-state index contributed by atoms with van der Waals surface area (Å²) in [6, 6.07) is 11.3. The van der Waals surface area contributed by atoms with Crippen LogP contribution in [0.15, 0.2) is 49.2 Å². The van der Waals surface area contributed by atoms with Gasteiger partial charge in [-0.15, -0.1) is 0 Å². The third-order valence-corrected chi connectivity index (χ3v) is 3.32. The highest BCUT2D eigenvalue weighted by Gasteiger charge is 2.16. The van der Waals surface area contributed by atoms with Crippen LogP contribution in [0, 0.1) is 11.3 Å². The number of hydrogen-bond acceptors (Lipinski definition) is 4. The van der Waals surface area contributed by atoms with E-state index in [1.54, 1.807) is 22.9 Å². The lowest BCUT2D eigenvalue weighted by atomic mass is 10.1.